The highest BCUT2D eigenvalue weighted by atomic mass is 16.6. The zero-order valence-corrected chi connectivity index (χ0v) is 19.2. The summed E-state index contributed by atoms with van der Waals surface area (Å²) in [6.07, 6.45) is 7.15. The Hall–Kier alpha value is -2.95. The fourth-order valence-corrected chi connectivity index (χ4v) is 3.86. The molecule has 5 nitrogen and oxygen atoms in total. The first-order valence-electron chi connectivity index (χ1n) is 10.9. The first kappa shape index (κ1) is 22.7. The maximum atomic E-state index is 6.38. The number of oxime groups is 1. The summed E-state index contributed by atoms with van der Waals surface area (Å²) in [5, 5.41) is 3.96. The lowest BCUT2D eigenvalue weighted by atomic mass is 10.1. The van der Waals surface area contributed by atoms with Gasteiger partial charge in [0.05, 0.1) is 5.71 Å². The predicted molar refractivity (Wildman–Crippen MR) is 125 cm³/mol. The van der Waals surface area contributed by atoms with Crippen molar-refractivity contribution in [2.75, 3.05) is 13.7 Å². The maximum Gasteiger partial charge on any atom is 0.125 e. The molecule has 3 rings (SSSR count). The van der Waals surface area contributed by atoms with Crippen molar-refractivity contribution in [3.05, 3.63) is 65.2 Å². The number of benzene rings is 2. The molecule has 0 aliphatic heterocycles. The Morgan fingerprint density at radius 3 is 2.26 bits per heavy atom. The van der Waals surface area contributed by atoms with Gasteiger partial charge in [-0.3, -0.25) is 0 Å². The molecule has 0 amide bonds. The van der Waals surface area contributed by atoms with Gasteiger partial charge in [-0.05, 0) is 93.6 Å². The van der Waals surface area contributed by atoms with E-state index < -0.39 is 0 Å². The van der Waals surface area contributed by atoms with Crippen molar-refractivity contribution in [3.63, 3.8) is 0 Å². The van der Waals surface area contributed by atoms with Crippen LogP contribution in [0, 0.1) is 13.8 Å². The van der Waals surface area contributed by atoms with Gasteiger partial charge in [0.25, 0.3) is 0 Å². The number of ether oxygens (including phenoxy) is 3. The number of hydrogen-bond donors (Lipinski definition) is 0. The van der Waals surface area contributed by atoms with Crippen LogP contribution in [0.25, 0.3) is 0 Å². The maximum absolute atomic E-state index is 6.38. The van der Waals surface area contributed by atoms with Gasteiger partial charge < -0.3 is 19.0 Å². The molecular formula is C26H33NO4. The molecule has 1 fully saturated rings. The fraction of sp³-hybridized carbons (Fsp3) is 0.423. The van der Waals surface area contributed by atoms with E-state index >= 15 is 0 Å². The normalized spacial score (nSPS) is 18.9. The third kappa shape index (κ3) is 6.27. The van der Waals surface area contributed by atoms with Crippen LogP contribution in [0.2, 0.25) is 0 Å². The summed E-state index contributed by atoms with van der Waals surface area (Å²) in [5.41, 5.74) is 4.06. The molecule has 5 heteroatoms. The second-order valence-corrected chi connectivity index (χ2v) is 7.94. The van der Waals surface area contributed by atoms with E-state index in [9.17, 15) is 0 Å². The average molecular weight is 424 g/mol. The first-order chi connectivity index (χ1) is 15.0. The quantitative estimate of drug-likeness (QED) is 0.282. The lowest BCUT2D eigenvalue weighted by molar-refractivity contribution is 0.164. The minimum Gasteiger partial charge on any atom is -0.490 e. The van der Waals surface area contributed by atoms with Crippen LogP contribution in [-0.2, 0) is 4.84 Å². The number of aryl methyl sites for hydroxylation is 2. The molecule has 0 spiro atoms. The molecule has 0 bridgehead atoms. The molecule has 1 aliphatic carbocycles. The van der Waals surface area contributed by atoms with Crippen molar-refractivity contribution < 1.29 is 19.0 Å². The van der Waals surface area contributed by atoms with E-state index in [1.54, 1.807) is 7.11 Å². The second-order valence-electron chi connectivity index (χ2n) is 7.94. The molecule has 0 N–H and O–H groups in total. The Kier molecular flexibility index (Phi) is 7.99. The number of allylic oxidation sites excluding steroid dienone is 1. The Labute approximate surface area is 185 Å². The first-order valence-corrected chi connectivity index (χ1v) is 10.9. The van der Waals surface area contributed by atoms with Crippen LogP contribution in [-0.4, -0.2) is 31.6 Å². The lowest BCUT2D eigenvalue weighted by Crippen LogP contribution is -2.18. The molecular weight excluding hydrogens is 390 g/mol. The number of hydrogen-bond acceptors (Lipinski definition) is 5. The van der Waals surface area contributed by atoms with Gasteiger partial charge in [0.2, 0.25) is 0 Å². The van der Waals surface area contributed by atoms with Gasteiger partial charge in [0.1, 0.15) is 43.2 Å². The van der Waals surface area contributed by atoms with Gasteiger partial charge in [-0.1, -0.05) is 17.3 Å². The highest BCUT2D eigenvalue weighted by Crippen LogP contribution is 2.33. The third-order valence-corrected chi connectivity index (χ3v) is 5.44. The largest absolute Gasteiger partial charge is 0.490 e. The lowest BCUT2D eigenvalue weighted by Gasteiger charge is -2.19. The highest BCUT2D eigenvalue weighted by molar-refractivity contribution is 5.98. The van der Waals surface area contributed by atoms with Crippen molar-refractivity contribution in [2.45, 2.75) is 59.2 Å². The molecule has 2 aromatic carbocycles. The average Bonchev–Trinajstić information content (AvgIpc) is 3.18. The smallest absolute Gasteiger partial charge is 0.125 e. The molecule has 1 saturated carbocycles. The third-order valence-electron chi connectivity index (χ3n) is 5.44. The van der Waals surface area contributed by atoms with Gasteiger partial charge in [0, 0.05) is 6.42 Å². The molecule has 166 valence electrons. The van der Waals surface area contributed by atoms with E-state index in [-0.39, 0.29) is 12.2 Å². The summed E-state index contributed by atoms with van der Waals surface area (Å²) >= 11 is 0. The highest BCUT2D eigenvalue weighted by Gasteiger charge is 2.28. The minimum atomic E-state index is 0.160. The summed E-state index contributed by atoms with van der Waals surface area (Å²) in [6, 6.07) is 12.1. The molecule has 1 aliphatic rings. The van der Waals surface area contributed by atoms with Gasteiger partial charge in [-0.25, -0.2) is 0 Å². The van der Waals surface area contributed by atoms with E-state index in [2.05, 4.69) is 19.0 Å². The van der Waals surface area contributed by atoms with Crippen molar-refractivity contribution in [1.29, 1.82) is 0 Å². The zero-order chi connectivity index (χ0) is 22.2. The van der Waals surface area contributed by atoms with Crippen molar-refractivity contribution in [1.82, 2.24) is 0 Å². The van der Waals surface area contributed by atoms with Gasteiger partial charge in [0.15, 0.2) is 0 Å². The number of rotatable bonds is 9. The van der Waals surface area contributed by atoms with Crippen LogP contribution in [0.4, 0.5) is 0 Å². The van der Waals surface area contributed by atoms with Crippen LogP contribution in [0.5, 0.6) is 17.2 Å². The Balaban J connectivity index is 1.56. The van der Waals surface area contributed by atoms with E-state index in [1.165, 1.54) is 0 Å². The summed E-state index contributed by atoms with van der Waals surface area (Å²) in [6.45, 7) is 8.64. The van der Waals surface area contributed by atoms with Crippen LogP contribution in [0.1, 0.15) is 49.8 Å². The van der Waals surface area contributed by atoms with Crippen molar-refractivity contribution in [2.24, 2.45) is 5.16 Å². The summed E-state index contributed by atoms with van der Waals surface area (Å²) in [7, 11) is 1.55. The van der Waals surface area contributed by atoms with Crippen LogP contribution >= 0.6 is 0 Å². The van der Waals surface area contributed by atoms with Crippen molar-refractivity contribution >= 4 is 5.71 Å². The van der Waals surface area contributed by atoms with Gasteiger partial charge >= 0.3 is 0 Å². The van der Waals surface area contributed by atoms with Crippen LogP contribution in [0.15, 0.2) is 53.7 Å². The van der Waals surface area contributed by atoms with E-state index in [1.807, 2.05) is 62.4 Å². The van der Waals surface area contributed by atoms with Crippen LogP contribution < -0.4 is 14.2 Å². The van der Waals surface area contributed by atoms with Crippen LogP contribution in [0.3, 0.4) is 0 Å². The molecule has 0 heterocycles. The molecule has 2 atom stereocenters. The second kappa shape index (κ2) is 10.9. The Morgan fingerprint density at radius 2 is 1.65 bits per heavy atom. The summed E-state index contributed by atoms with van der Waals surface area (Å²) in [4.78, 5) is 4.83. The standard InChI is InChI=1S/C26H33NO4/c1-6-7-14-29-25-15-18(2)26(19(3)16-25)31-24-13-12-23(17-24)30-22-10-8-21(9-11-22)20(4)27-28-5/h6-11,15-16,23-24H,12-14,17H2,1-5H3/b7-6+,27-20+. The summed E-state index contributed by atoms with van der Waals surface area (Å²) < 4.78 is 18.4. The molecule has 0 aromatic heterocycles. The van der Waals surface area contributed by atoms with E-state index in [0.29, 0.717) is 6.61 Å². The fourth-order valence-electron chi connectivity index (χ4n) is 3.86. The molecule has 0 radical (unpaired) electrons. The molecule has 31 heavy (non-hydrogen) atoms. The zero-order valence-electron chi connectivity index (χ0n) is 19.2. The molecule has 0 saturated heterocycles. The number of nitrogens with zero attached hydrogens (tertiary/aromatic N) is 1. The minimum absolute atomic E-state index is 0.160. The SMILES string of the molecule is C/C=C/COc1cc(C)c(OC2CCC(Oc3ccc(/C(C)=N/OC)cc3)C2)c(C)c1. The van der Waals surface area contributed by atoms with Crippen molar-refractivity contribution in [3.8, 4) is 17.2 Å². The van der Waals surface area contributed by atoms with Gasteiger partial charge in [-0.15, -0.1) is 0 Å². The Bertz CT molecular complexity index is 894. The van der Waals surface area contributed by atoms with Gasteiger partial charge in [-0.2, -0.15) is 0 Å². The Morgan fingerprint density at radius 1 is 1.00 bits per heavy atom. The monoisotopic (exact) mass is 423 g/mol. The topological polar surface area (TPSA) is 49.3 Å². The van der Waals surface area contributed by atoms with E-state index in [4.69, 9.17) is 19.0 Å². The molecule has 2 aromatic rings. The van der Waals surface area contributed by atoms with E-state index in [0.717, 1.165) is 58.9 Å². The summed E-state index contributed by atoms with van der Waals surface area (Å²) in [5.74, 6) is 2.71. The predicted octanol–water partition coefficient (Wildman–Crippen LogP) is 6.01. The molecule has 2 unspecified atom stereocenters.